The molecule has 0 N–H and O–H groups in total. The maximum absolute atomic E-state index is 12.2. The molecule has 0 aliphatic rings. The highest BCUT2D eigenvalue weighted by molar-refractivity contribution is 5.88. The molecule has 3 aromatic rings. The van der Waals surface area contributed by atoms with Gasteiger partial charge in [-0.15, -0.1) is 0 Å². The zero-order valence-corrected chi connectivity index (χ0v) is 24.0. The highest BCUT2D eigenvalue weighted by atomic mass is 16.5. The lowest BCUT2D eigenvalue weighted by Crippen LogP contribution is -2.26. The van der Waals surface area contributed by atoms with Crippen LogP contribution in [0.5, 0.6) is 17.2 Å². The number of benzene rings is 3. The van der Waals surface area contributed by atoms with E-state index in [1.165, 1.54) is 6.08 Å². The monoisotopic (exact) mass is 544 g/mol. The number of carbonyl (C=O) groups is 2. The van der Waals surface area contributed by atoms with Crippen LogP contribution in [0, 0.1) is 5.41 Å². The second-order valence-electron chi connectivity index (χ2n) is 10.2. The summed E-state index contributed by atoms with van der Waals surface area (Å²) in [5.41, 5.74) is 2.54. The van der Waals surface area contributed by atoms with E-state index in [0.717, 1.165) is 60.3 Å². The molecule has 0 heterocycles. The van der Waals surface area contributed by atoms with Gasteiger partial charge in [0, 0.05) is 6.08 Å². The summed E-state index contributed by atoms with van der Waals surface area (Å²) in [6.07, 6.45) is 7.74. The normalized spacial score (nSPS) is 11.3. The third kappa shape index (κ3) is 9.92. The Morgan fingerprint density at radius 3 is 1.85 bits per heavy atom. The summed E-state index contributed by atoms with van der Waals surface area (Å²) in [7, 11) is 1.61. The minimum atomic E-state index is -0.440. The van der Waals surface area contributed by atoms with Crippen molar-refractivity contribution in [3.63, 3.8) is 0 Å². The fourth-order valence-corrected chi connectivity index (χ4v) is 3.74. The second kappa shape index (κ2) is 15.5. The lowest BCUT2D eigenvalue weighted by Gasteiger charge is -2.20. The van der Waals surface area contributed by atoms with Crippen molar-refractivity contribution in [1.29, 1.82) is 0 Å². The maximum atomic E-state index is 12.2. The number of esters is 2. The van der Waals surface area contributed by atoms with E-state index in [1.807, 2.05) is 81.4 Å². The van der Waals surface area contributed by atoms with Gasteiger partial charge in [0.1, 0.15) is 17.2 Å². The van der Waals surface area contributed by atoms with E-state index in [-0.39, 0.29) is 5.97 Å². The van der Waals surface area contributed by atoms with Crippen LogP contribution in [0.1, 0.15) is 58.4 Å². The first-order valence-electron chi connectivity index (χ1n) is 13.8. The van der Waals surface area contributed by atoms with Crippen molar-refractivity contribution in [3.05, 3.63) is 84.4 Å². The molecule has 6 nitrogen and oxygen atoms in total. The van der Waals surface area contributed by atoms with E-state index < -0.39 is 11.4 Å². The summed E-state index contributed by atoms with van der Waals surface area (Å²) >= 11 is 0. The molecular weight excluding hydrogens is 504 g/mol. The van der Waals surface area contributed by atoms with Gasteiger partial charge in [-0.25, -0.2) is 4.79 Å². The molecule has 0 radical (unpaired) electrons. The van der Waals surface area contributed by atoms with E-state index in [9.17, 15) is 9.59 Å². The average molecular weight is 545 g/mol. The zero-order chi connectivity index (χ0) is 28.8. The summed E-state index contributed by atoms with van der Waals surface area (Å²) in [6.45, 7) is 6.96. The highest BCUT2D eigenvalue weighted by Crippen LogP contribution is 2.25. The lowest BCUT2D eigenvalue weighted by molar-refractivity contribution is -0.154. The first-order chi connectivity index (χ1) is 19.3. The molecule has 0 bridgehead atoms. The summed E-state index contributed by atoms with van der Waals surface area (Å²) in [4.78, 5) is 24.1. The Morgan fingerprint density at radius 2 is 1.27 bits per heavy atom. The summed E-state index contributed by atoms with van der Waals surface area (Å²) in [5.74, 6) is 1.52. The smallest absolute Gasteiger partial charge is 0.336 e. The molecule has 212 valence electrons. The van der Waals surface area contributed by atoms with Crippen molar-refractivity contribution in [2.45, 2.75) is 52.9 Å². The van der Waals surface area contributed by atoms with Gasteiger partial charge in [-0.05, 0) is 105 Å². The number of carbonyl (C=O) groups excluding carboxylic acids is 2. The van der Waals surface area contributed by atoms with Crippen LogP contribution in [-0.4, -0.2) is 32.3 Å². The van der Waals surface area contributed by atoms with Gasteiger partial charge >= 0.3 is 11.9 Å². The van der Waals surface area contributed by atoms with Crippen LogP contribution in [0.4, 0.5) is 0 Å². The van der Waals surface area contributed by atoms with Crippen molar-refractivity contribution in [2.75, 3.05) is 20.3 Å². The van der Waals surface area contributed by atoms with Crippen molar-refractivity contribution in [3.8, 4) is 28.4 Å². The Bertz CT molecular complexity index is 1220. The molecule has 0 aromatic heterocycles. The number of methoxy groups -OCH3 is 1. The first-order valence-corrected chi connectivity index (χ1v) is 13.8. The summed E-state index contributed by atoms with van der Waals surface area (Å²) < 4.78 is 21.8. The van der Waals surface area contributed by atoms with Crippen LogP contribution in [0.25, 0.3) is 17.2 Å². The van der Waals surface area contributed by atoms with Crippen molar-refractivity contribution >= 4 is 18.0 Å². The first kappa shape index (κ1) is 30.5. The Morgan fingerprint density at radius 1 is 0.725 bits per heavy atom. The topological polar surface area (TPSA) is 71.1 Å². The van der Waals surface area contributed by atoms with Gasteiger partial charge in [0.05, 0.1) is 25.7 Å². The molecule has 3 aromatic carbocycles. The lowest BCUT2D eigenvalue weighted by atomic mass is 9.91. The van der Waals surface area contributed by atoms with Gasteiger partial charge in [-0.1, -0.05) is 43.3 Å². The van der Waals surface area contributed by atoms with Crippen LogP contribution in [-0.2, 0) is 14.3 Å². The Kier molecular flexibility index (Phi) is 11.8. The molecule has 3 rings (SSSR count). The van der Waals surface area contributed by atoms with Gasteiger partial charge in [0.15, 0.2) is 0 Å². The molecule has 0 spiro atoms. The molecule has 0 saturated heterocycles. The number of unbranched alkanes of at least 4 members (excludes halogenated alkanes) is 3. The predicted molar refractivity (Wildman–Crippen MR) is 159 cm³/mol. The molecule has 0 aliphatic heterocycles. The molecule has 0 atom stereocenters. The van der Waals surface area contributed by atoms with E-state index in [0.29, 0.717) is 19.0 Å². The van der Waals surface area contributed by atoms with Crippen LogP contribution >= 0.6 is 0 Å². The third-order valence-corrected chi connectivity index (χ3v) is 6.77. The Labute approximate surface area is 237 Å². The predicted octanol–water partition coefficient (Wildman–Crippen LogP) is 7.90. The minimum absolute atomic E-state index is 0.115. The fraction of sp³-hybridized carbons (Fsp3) is 0.353. The minimum Gasteiger partial charge on any atom is -0.497 e. The molecular formula is C34H40O6. The summed E-state index contributed by atoms with van der Waals surface area (Å²) in [6, 6.07) is 22.8. The highest BCUT2D eigenvalue weighted by Gasteiger charge is 2.26. The van der Waals surface area contributed by atoms with Crippen LogP contribution in [0.3, 0.4) is 0 Å². The Hall–Kier alpha value is -4.06. The second-order valence-corrected chi connectivity index (χ2v) is 10.2. The molecule has 0 unspecified atom stereocenters. The maximum Gasteiger partial charge on any atom is 0.336 e. The van der Waals surface area contributed by atoms with Crippen molar-refractivity contribution in [2.24, 2.45) is 5.41 Å². The largest absolute Gasteiger partial charge is 0.497 e. The third-order valence-electron chi connectivity index (χ3n) is 6.77. The van der Waals surface area contributed by atoms with Gasteiger partial charge in [0.25, 0.3) is 0 Å². The van der Waals surface area contributed by atoms with E-state index in [2.05, 4.69) is 0 Å². The van der Waals surface area contributed by atoms with Crippen LogP contribution < -0.4 is 14.2 Å². The van der Waals surface area contributed by atoms with E-state index in [1.54, 1.807) is 25.3 Å². The number of rotatable bonds is 15. The SMILES string of the molecule is CCC(C)(C)C(=O)OCCCCCCOc1ccc(-c2ccc(OC(=O)C=Cc3ccc(OC)cc3)cc2)cc1. The van der Waals surface area contributed by atoms with Crippen molar-refractivity contribution < 1.29 is 28.5 Å². The molecule has 0 saturated carbocycles. The van der Waals surface area contributed by atoms with Crippen molar-refractivity contribution in [1.82, 2.24) is 0 Å². The van der Waals surface area contributed by atoms with Gasteiger partial charge < -0.3 is 18.9 Å². The van der Waals surface area contributed by atoms with Crippen LogP contribution in [0.2, 0.25) is 0 Å². The van der Waals surface area contributed by atoms with E-state index in [4.69, 9.17) is 18.9 Å². The van der Waals surface area contributed by atoms with Gasteiger partial charge in [0.2, 0.25) is 0 Å². The standard InChI is InChI=1S/C34H40O6/c1-5-34(2,3)33(36)39-25-9-7-6-8-24-38-30-19-13-27(14-20-30)28-15-21-31(22-16-28)40-32(35)23-12-26-10-17-29(37-4)18-11-26/h10-23H,5-9,24-25H2,1-4H3. The Balaban J connectivity index is 1.35. The number of hydrogen-bond acceptors (Lipinski definition) is 6. The van der Waals surface area contributed by atoms with E-state index >= 15 is 0 Å². The quantitative estimate of drug-likeness (QED) is 0.0838. The van der Waals surface area contributed by atoms with Gasteiger partial charge in [-0.3, -0.25) is 4.79 Å². The fourth-order valence-electron chi connectivity index (χ4n) is 3.74. The zero-order valence-electron chi connectivity index (χ0n) is 24.0. The average Bonchev–Trinajstić information content (AvgIpc) is 2.98. The number of ether oxygens (including phenoxy) is 4. The van der Waals surface area contributed by atoms with Crippen LogP contribution in [0.15, 0.2) is 78.9 Å². The molecule has 40 heavy (non-hydrogen) atoms. The molecule has 6 heteroatoms. The molecule has 0 aliphatic carbocycles. The summed E-state index contributed by atoms with van der Waals surface area (Å²) in [5, 5.41) is 0. The number of hydrogen-bond donors (Lipinski definition) is 0. The molecule has 0 fully saturated rings. The van der Waals surface area contributed by atoms with Gasteiger partial charge in [-0.2, -0.15) is 0 Å². The molecule has 0 amide bonds.